The van der Waals surface area contributed by atoms with Crippen molar-refractivity contribution in [3.8, 4) is 0 Å². The van der Waals surface area contributed by atoms with E-state index in [0.717, 1.165) is 31.3 Å². The van der Waals surface area contributed by atoms with Crippen LogP contribution in [0.4, 0.5) is 0 Å². The number of rotatable bonds is 4. The Morgan fingerprint density at radius 2 is 2.00 bits per heavy atom. The first-order valence-electron chi connectivity index (χ1n) is 6.25. The van der Waals surface area contributed by atoms with Gasteiger partial charge >= 0.3 is 0 Å². The molecule has 15 heavy (non-hydrogen) atoms. The van der Waals surface area contributed by atoms with Crippen LogP contribution in [-0.4, -0.2) is 5.78 Å². The maximum absolute atomic E-state index is 12.3. The minimum Gasteiger partial charge on any atom is -0.294 e. The Labute approximate surface area is 92.3 Å². The molecular weight excluding hydrogens is 184 g/mol. The van der Waals surface area contributed by atoms with Crippen molar-refractivity contribution in [2.24, 2.45) is 5.92 Å². The second kappa shape index (κ2) is 4.78. The number of hydrogen-bond donors (Lipinski definition) is 0. The Morgan fingerprint density at radius 1 is 1.27 bits per heavy atom. The molecule has 1 atom stereocenters. The van der Waals surface area contributed by atoms with Crippen molar-refractivity contribution in [2.75, 3.05) is 0 Å². The van der Waals surface area contributed by atoms with Gasteiger partial charge in [-0.05, 0) is 50.5 Å². The fourth-order valence-corrected chi connectivity index (χ4v) is 2.75. The largest absolute Gasteiger partial charge is 0.294 e. The van der Waals surface area contributed by atoms with Gasteiger partial charge in [0.25, 0.3) is 0 Å². The average Bonchev–Trinajstić information content (AvgIpc) is 2.91. The topological polar surface area (TPSA) is 17.1 Å². The lowest BCUT2D eigenvalue weighted by Gasteiger charge is -2.15. The molecule has 0 aliphatic heterocycles. The SMILES string of the molecule is CCC(C(=O)C1=CCCC1)C1=CCCC1. The van der Waals surface area contributed by atoms with Crippen LogP contribution in [0.15, 0.2) is 23.3 Å². The van der Waals surface area contributed by atoms with Gasteiger partial charge in [-0.2, -0.15) is 0 Å². The van der Waals surface area contributed by atoms with E-state index < -0.39 is 0 Å². The lowest BCUT2D eigenvalue weighted by molar-refractivity contribution is -0.118. The molecule has 0 amide bonds. The zero-order chi connectivity index (χ0) is 10.7. The van der Waals surface area contributed by atoms with Gasteiger partial charge in [0.05, 0.1) is 0 Å². The third-order valence-electron chi connectivity index (χ3n) is 3.61. The smallest absolute Gasteiger partial charge is 0.165 e. The number of hydrogen-bond acceptors (Lipinski definition) is 1. The summed E-state index contributed by atoms with van der Waals surface area (Å²) in [6, 6.07) is 0. The van der Waals surface area contributed by atoms with E-state index in [-0.39, 0.29) is 5.92 Å². The second-order valence-electron chi connectivity index (χ2n) is 4.62. The molecule has 0 bridgehead atoms. The molecule has 0 heterocycles. The van der Waals surface area contributed by atoms with Gasteiger partial charge in [-0.3, -0.25) is 4.79 Å². The van der Waals surface area contributed by atoms with Crippen LogP contribution < -0.4 is 0 Å². The van der Waals surface area contributed by atoms with Crippen LogP contribution in [0, 0.1) is 5.92 Å². The molecule has 0 saturated heterocycles. The first-order valence-corrected chi connectivity index (χ1v) is 6.25. The molecule has 0 aromatic rings. The van der Waals surface area contributed by atoms with Gasteiger partial charge in [0.1, 0.15) is 0 Å². The zero-order valence-electron chi connectivity index (χ0n) is 9.59. The van der Waals surface area contributed by atoms with Crippen LogP contribution in [0.2, 0.25) is 0 Å². The highest BCUT2D eigenvalue weighted by Crippen LogP contribution is 2.32. The molecule has 0 aromatic heterocycles. The van der Waals surface area contributed by atoms with E-state index in [1.165, 1.54) is 24.8 Å². The van der Waals surface area contributed by atoms with Crippen LogP contribution in [0.1, 0.15) is 51.9 Å². The highest BCUT2D eigenvalue weighted by Gasteiger charge is 2.25. The fourth-order valence-electron chi connectivity index (χ4n) is 2.75. The van der Waals surface area contributed by atoms with E-state index in [0.29, 0.717) is 5.78 Å². The molecule has 2 rings (SSSR count). The van der Waals surface area contributed by atoms with Gasteiger partial charge < -0.3 is 0 Å². The van der Waals surface area contributed by atoms with Crippen LogP contribution >= 0.6 is 0 Å². The van der Waals surface area contributed by atoms with Crippen molar-refractivity contribution in [3.63, 3.8) is 0 Å². The van der Waals surface area contributed by atoms with Crippen LogP contribution in [0.25, 0.3) is 0 Å². The first-order chi connectivity index (χ1) is 7.33. The number of ketones is 1. The van der Waals surface area contributed by atoms with E-state index in [2.05, 4.69) is 19.1 Å². The van der Waals surface area contributed by atoms with Gasteiger partial charge in [-0.15, -0.1) is 0 Å². The molecule has 0 radical (unpaired) electrons. The van der Waals surface area contributed by atoms with Crippen molar-refractivity contribution < 1.29 is 4.79 Å². The second-order valence-corrected chi connectivity index (χ2v) is 4.62. The molecule has 0 N–H and O–H groups in total. The highest BCUT2D eigenvalue weighted by atomic mass is 16.1. The normalized spacial score (nSPS) is 22.5. The third kappa shape index (κ3) is 2.22. The lowest BCUT2D eigenvalue weighted by Crippen LogP contribution is -2.17. The molecule has 2 aliphatic carbocycles. The maximum Gasteiger partial charge on any atom is 0.165 e. The summed E-state index contributed by atoms with van der Waals surface area (Å²) in [5, 5.41) is 0. The maximum atomic E-state index is 12.3. The zero-order valence-corrected chi connectivity index (χ0v) is 9.59. The summed E-state index contributed by atoms with van der Waals surface area (Å²) in [7, 11) is 0. The Morgan fingerprint density at radius 3 is 2.53 bits per heavy atom. The van der Waals surface area contributed by atoms with E-state index in [1.807, 2.05) is 0 Å². The molecule has 1 heteroatoms. The van der Waals surface area contributed by atoms with Crippen LogP contribution in [-0.2, 0) is 4.79 Å². The molecule has 0 spiro atoms. The quantitative estimate of drug-likeness (QED) is 0.636. The standard InChI is InChI=1S/C14H20O/c1-2-13(11-7-3-4-8-11)14(15)12-9-5-6-10-12/h7,9,13H,2-6,8,10H2,1H3. The number of Topliss-reactive ketones (excluding diaryl/α,β-unsaturated/α-hetero) is 1. The molecule has 0 fully saturated rings. The predicted molar refractivity (Wildman–Crippen MR) is 62.7 cm³/mol. The molecule has 0 aromatic carbocycles. The lowest BCUT2D eigenvalue weighted by atomic mass is 9.87. The monoisotopic (exact) mass is 204 g/mol. The summed E-state index contributed by atoms with van der Waals surface area (Å²) in [6.45, 7) is 2.14. The van der Waals surface area contributed by atoms with E-state index >= 15 is 0 Å². The van der Waals surface area contributed by atoms with Gasteiger partial charge in [0.15, 0.2) is 5.78 Å². The Bertz CT molecular complexity index is 309. The van der Waals surface area contributed by atoms with E-state index in [1.54, 1.807) is 0 Å². The summed E-state index contributed by atoms with van der Waals surface area (Å²) in [5.74, 6) is 0.625. The minimum atomic E-state index is 0.205. The van der Waals surface area contributed by atoms with Crippen molar-refractivity contribution in [3.05, 3.63) is 23.3 Å². The van der Waals surface area contributed by atoms with Gasteiger partial charge in [-0.1, -0.05) is 24.6 Å². The third-order valence-corrected chi connectivity index (χ3v) is 3.61. The van der Waals surface area contributed by atoms with Gasteiger partial charge in [0, 0.05) is 5.92 Å². The summed E-state index contributed by atoms with van der Waals surface area (Å²) < 4.78 is 0. The molecule has 82 valence electrons. The molecular formula is C14H20O. The first kappa shape index (κ1) is 10.7. The molecule has 0 saturated carbocycles. The number of carbonyl (C=O) groups is 1. The van der Waals surface area contributed by atoms with Crippen molar-refractivity contribution in [1.29, 1.82) is 0 Å². The van der Waals surface area contributed by atoms with Crippen LogP contribution in [0.5, 0.6) is 0 Å². The minimum absolute atomic E-state index is 0.205. The number of allylic oxidation sites excluding steroid dienone is 4. The predicted octanol–water partition coefficient (Wildman–Crippen LogP) is 3.80. The average molecular weight is 204 g/mol. The molecule has 1 nitrogen and oxygen atoms in total. The van der Waals surface area contributed by atoms with Gasteiger partial charge in [-0.25, -0.2) is 0 Å². The summed E-state index contributed by atoms with van der Waals surface area (Å²) in [4.78, 5) is 12.3. The Kier molecular flexibility index (Phi) is 3.40. The Hall–Kier alpha value is -0.850. The molecule has 1 unspecified atom stereocenters. The molecule has 2 aliphatic rings. The van der Waals surface area contributed by atoms with E-state index in [9.17, 15) is 4.79 Å². The summed E-state index contributed by atoms with van der Waals surface area (Å²) in [5.41, 5.74) is 2.52. The fraction of sp³-hybridized carbons (Fsp3) is 0.643. The van der Waals surface area contributed by atoms with Crippen LogP contribution in [0.3, 0.4) is 0 Å². The van der Waals surface area contributed by atoms with Gasteiger partial charge in [0.2, 0.25) is 0 Å². The number of carbonyl (C=O) groups excluding carboxylic acids is 1. The van der Waals surface area contributed by atoms with Crippen molar-refractivity contribution in [2.45, 2.75) is 51.9 Å². The summed E-state index contributed by atoms with van der Waals surface area (Å²) in [6.07, 6.45) is 12.3. The van der Waals surface area contributed by atoms with Crippen molar-refractivity contribution >= 4 is 5.78 Å². The van der Waals surface area contributed by atoms with E-state index in [4.69, 9.17) is 0 Å². The highest BCUT2D eigenvalue weighted by molar-refractivity contribution is 5.99. The summed E-state index contributed by atoms with van der Waals surface area (Å²) >= 11 is 0. The van der Waals surface area contributed by atoms with Crippen molar-refractivity contribution in [1.82, 2.24) is 0 Å². The Balaban J connectivity index is 2.08.